The molecule has 0 saturated heterocycles. The van der Waals surface area contributed by atoms with Gasteiger partial charge in [0.05, 0.1) is 0 Å². The van der Waals surface area contributed by atoms with E-state index in [0.717, 1.165) is 41.4 Å². The molecule has 16 heavy (non-hydrogen) atoms. The fourth-order valence-electron chi connectivity index (χ4n) is 3.46. The molecule has 0 aromatic rings. The van der Waals surface area contributed by atoms with Gasteiger partial charge in [-0.2, -0.15) is 0 Å². The molecule has 0 heteroatoms. The van der Waals surface area contributed by atoms with Crippen LogP contribution in [-0.4, -0.2) is 0 Å². The van der Waals surface area contributed by atoms with Gasteiger partial charge in [-0.05, 0) is 54.3 Å². The van der Waals surface area contributed by atoms with Crippen molar-refractivity contribution < 1.29 is 0 Å². The molecule has 0 N–H and O–H groups in total. The Morgan fingerprint density at radius 1 is 0.938 bits per heavy atom. The van der Waals surface area contributed by atoms with Crippen LogP contribution >= 0.6 is 0 Å². The van der Waals surface area contributed by atoms with Crippen LogP contribution < -0.4 is 0 Å². The summed E-state index contributed by atoms with van der Waals surface area (Å²) in [5, 5.41) is 0. The van der Waals surface area contributed by atoms with Crippen LogP contribution in [0.4, 0.5) is 0 Å². The fraction of sp³-hybridized carbons (Fsp3) is 1.00. The van der Waals surface area contributed by atoms with Crippen molar-refractivity contribution in [2.24, 2.45) is 41.4 Å². The van der Waals surface area contributed by atoms with Crippen LogP contribution in [0, 0.1) is 41.4 Å². The van der Waals surface area contributed by atoms with Crippen LogP contribution in [-0.2, 0) is 0 Å². The van der Waals surface area contributed by atoms with Crippen molar-refractivity contribution in [3.05, 3.63) is 0 Å². The molecule has 1 aliphatic rings. The summed E-state index contributed by atoms with van der Waals surface area (Å²) < 4.78 is 0. The predicted molar refractivity (Wildman–Crippen MR) is 73.4 cm³/mol. The summed E-state index contributed by atoms with van der Waals surface area (Å²) in [7, 11) is 0. The first kappa shape index (κ1) is 14.1. The first-order valence-electron chi connectivity index (χ1n) is 7.34. The van der Waals surface area contributed by atoms with E-state index in [2.05, 4.69) is 48.5 Å². The molecule has 0 bridgehead atoms. The number of hydrogen-bond acceptors (Lipinski definition) is 0. The fourth-order valence-corrected chi connectivity index (χ4v) is 3.46. The summed E-state index contributed by atoms with van der Waals surface area (Å²) in [6.45, 7) is 16.9. The molecule has 96 valence electrons. The maximum Gasteiger partial charge on any atom is -0.0332 e. The van der Waals surface area contributed by atoms with Gasteiger partial charge in [0, 0.05) is 0 Å². The first-order valence-corrected chi connectivity index (χ1v) is 7.34. The standard InChI is InChI=1S/C16H32/c1-10(2)12(5)8-15-9-13(6)16(15)14(7)11(3)4/h10-16H,8-9H2,1-7H3. The van der Waals surface area contributed by atoms with E-state index in [1.165, 1.54) is 12.8 Å². The smallest absolute Gasteiger partial charge is 0.0332 e. The SMILES string of the molecule is CC(C)C(C)CC1CC(C)C1C(C)C(C)C. The lowest BCUT2D eigenvalue weighted by Crippen LogP contribution is -2.42. The zero-order valence-electron chi connectivity index (χ0n) is 12.5. The van der Waals surface area contributed by atoms with E-state index >= 15 is 0 Å². The number of rotatable bonds is 5. The maximum atomic E-state index is 2.47. The highest BCUT2D eigenvalue weighted by Crippen LogP contribution is 2.49. The van der Waals surface area contributed by atoms with Crippen molar-refractivity contribution in [3.8, 4) is 0 Å². The molecule has 1 fully saturated rings. The van der Waals surface area contributed by atoms with Gasteiger partial charge in [0.1, 0.15) is 0 Å². The summed E-state index contributed by atoms with van der Waals surface area (Å²) in [6, 6.07) is 0. The molecule has 0 aromatic heterocycles. The second-order valence-corrected chi connectivity index (χ2v) is 7.11. The van der Waals surface area contributed by atoms with E-state index in [0.29, 0.717) is 0 Å². The van der Waals surface area contributed by atoms with Crippen LogP contribution in [0.2, 0.25) is 0 Å². The average Bonchev–Trinajstić information content (AvgIpc) is 2.15. The second-order valence-electron chi connectivity index (χ2n) is 7.11. The summed E-state index contributed by atoms with van der Waals surface area (Å²) >= 11 is 0. The maximum absolute atomic E-state index is 2.47. The Morgan fingerprint density at radius 2 is 1.50 bits per heavy atom. The Labute approximate surface area is 103 Å². The van der Waals surface area contributed by atoms with Gasteiger partial charge in [0.15, 0.2) is 0 Å². The van der Waals surface area contributed by atoms with Gasteiger partial charge in [-0.3, -0.25) is 0 Å². The second kappa shape index (κ2) is 5.56. The van der Waals surface area contributed by atoms with Crippen molar-refractivity contribution in [3.63, 3.8) is 0 Å². The molecule has 0 aliphatic heterocycles. The summed E-state index contributed by atoms with van der Waals surface area (Å²) in [6.07, 6.45) is 2.95. The van der Waals surface area contributed by atoms with Crippen molar-refractivity contribution in [1.82, 2.24) is 0 Å². The third-order valence-corrected chi connectivity index (χ3v) is 5.35. The molecule has 0 radical (unpaired) electrons. The van der Waals surface area contributed by atoms with Gasteiger partial charge < -0.3 is 0 Å². The minimum Gasteiger partial charge on any atom is -0.0625 e. The Kier molecular flexibility index (Phi) is 4.88. The molecule has 0 amide bonds. The molecular formula is C16H32. The highest BCUT2D eigenvalue weighted by molar-refractivity contribution is 4.91. The van der Waals surface area contributed by atoms with Gasteiger partial charge in [0.25, 0.3) is 0 Å². The predicted octanol–water partition coefficient (Wildman–Crippen LogP) is 5.23. The van der Waals surface area contributed by atoms with Crippen LogP contribution in [0.3, 0.4) is 0 Å². The van der Waals surface area contributed by atoms with E-state index in [1.807, 2.05) is 0 Å². The zero-order chi connectivity index (χ0) is 12.5. The lowest BCUT2D eigenvalue weighted by atomic mass is 9.56. The topological polar surface area (TPSA) is 0 Å². The minimum absolute atomic E-state index is 0.851. The largest absolute Gasteiger partial charge is 0.0625 e. The summed E-state index contributed by atoms with van der Waals surface area (Å²) in [5.74, 6) is 6.51. The molecule has 1 aliphatic carbocycles. The Morgan fingerprint density at radius 3 is 1.88 bits per heavy atom. The third-order valence-electron chi connectivity index (χ3n) is 5.35. The molecule has 0 nitrogen and oxygen atoms in total. The molecule has 0 spiro atoms. The van der Waals surface area contributed by atoms with Crippen molar-refractivity contribution >= 4 is 0 Å². The van der Waals surface area contributed by atoms with Gasteiger partial charge in [-0.15, -0.1) is 0 Å². The third kappa shape index (κ3) is 3.02. The average molecular weight is 224 g/mol. The molecule has 5 atom stereocenters. The monoisotopic (exact) mass is 224 g/mol. The Bertz CT molecular complexity index is 204. The first-order chi connectivity index (χ1) is 7.34. The van der Waals surface area contributed by atoms with Crippen LogP contribution in [0.15, 0.2) is 0 Å². The van der Waals surface area contributed by atoms with E-state index < -0.39 is 0 Å². The highest BCUT2D eigenvalue weighted by Gasteiger charge is 2.42. The van der Waals surface area contributed by atoms with Gasteiger partial charge >= 0.3 is 0 Å². The van der Waals surface area contributed by atoms with Gasteiger partial charge in [-0.1, -0.05) is 48.5 Å². The molecule has 0 heterocycles. The zero-order valence-corrected chi connectivity index (χ0v) is 12.5. The van der Waals surface area contributed by atoms with E-state index in [-0.39, 0.29) is 0 Å². The lowest BCUT2D eigenvalue weighted by molar-refractivity contribution is 0.000378. The highest BCUT2D eigenvalue weighted by atomic mass is 14.5. The van der Waals surface area contributed by atoms with E-state index in [1.54, 1.807) is 0 Å². The van der Waals surface area contributed by atoms with Crippen molar-refractivity contribution in [2.75, 3.05) is 0 Å². The van der Waals surface area contributed by atoms with E-state index in [4.69, 9.17) is 0 Å². The molecular weight excluding hydrogens is 192 g/mol. The summed E-state index contributed by atoms with van der Waals surface area (Å²) in [5.41, 5.74) is 0. The van der Waals surface area contributed by atoms with Crippen LogP contribution in [0.1, 0.15) is 61.3 Å². The normalized spacial score (nSPS) is 33.9. The molecule has 1 saturated carbocycles. The van der Waals surface area contributed by atoms with Gasteiger partial charge in [0.2, 0.25) is 0 Å². The molecule has 0 aromatic carbocycles. The minimum atomic E-state index is 0.851. The van der Waals surface area contributed by atoms with Gasteiger partial charge in [-0.25, -0.2) is 0 Å². The van der Waals surface area contributed by atoms with Crippen molar-refractivity contribution in [1.29, 1.82) is 0 Å². The van der Waals surface area contributed by atoms with Crippen LogP contribution in [0.25, 0.3) is 0 Å². The van der Waals surface area contributed by atoms with E-state index in [9.17, 15) is 0 Å². The molecule has 5 unspecified atom stereocenters. The molecule has 1 rings (SSSR count). The van der Waals surface area contributed by atoms with Crippen molar-refractivity contribution in [2.45, 2.75) is 61.3 Å². The van der Waals surface area contributed by atoms with Crippen LogP contribution in [0.5, 0.6) is 0 Å². The lowest BCUT2D eigenvalue weighted by Gasteiger charge is -2.49. The quantitative estimate of drug-likeness (QED) is 0.599. The number of hydrogen-bond donors (Lipinski definition) is 0. The Balaban J connectivity index is 2.50. The Hall–Kier alpha value is 0. The summed E-state index contributed by atoms with van der Waals surface area (Å²) in [4.78, 5) is 0.